The zero-order valence-electron chi connectivity index (χ0n) is 6.92. The van der Waals surface area contributed by atoms with E-state index in [0.29, 0.717) is 5.82 Å². The smallest absolute Gasteiger partial charge is 0.132 e. The summed E-state index contributed by atoms with van der Waals surface area (Å²) >= 11 is 1.87. The summed E-state index contributed by atoms with van der Waals surface area (Å²) < 4.78 is 0. The first-order valence-electron chi connectivity index (χ1n) is 4.32. The fourth-order valence-corrected chi connectivity index (χ4v) is 2.78. The molecule has 2 rings (SSSR count). The maximum absolute atomic E-state index is 5.68. The van der Waals surface area contributed by atoms with Crippen molar-refractivity contribution in [1.82, 2.24) is 10.2 Å². The zero-order valence-corrected chi connectivity index (χ0v) is 7.73. The molecule has 0 aliphatic heterocycles. The maximum Gasteiger partial charge on any atom is 0.132 e. The molecule has 66 valence electrons. The number of anilines is 1. The molecular weight excluding hydrogens is 170 g/mol. The van der Waals surface area contributed by atoms with Gasteiger partial charge in [0.25, 0.3) is 0 Å². The van der Waals surface area contributed by atoms with Crippen LogP contribution in [-0.4, -0.2) is 15.4 Å². The van der Waals surface area contributed by atoms with Crippen LogP contribution in [0.3, 0.4) is 0 Å². The zero-order chi connectivity index (χ0) is 8.39. The van der Waals surface area contributed by atoms with Gasteiger partial charge in [0.1, 0.15) is 5.82 Å². The monoisotopic (exact) mass is 183 g/mol. The third kappa shape index (κ3) is 1.58. The van der Waals surface area contributed by atoms with Crippen LogP contribution in [0.5, 0.6) is 0 Å². The average molecular weight is 183 g/mol. The first-order chi connectivity index (χ1) is 5.86. The lowest BCUT2D eigenvalue weighted by molar-refractivity contribution is 0.886. The van der Waals surface area contributed by atoms with Crippen LogP contribution in [0, 0.1) is 0 Å². The Kier molecular flexibility index (Phi) is 2.26. The van der Waals surface area contributed by atoms with Crippen LogP contribution in [-0.2, 0) is 0 Å². The van der Waals surface area contributed by atoms with Crippen molar-refractivity contribution >= 4 is 17.6 Å². The van der Waals surface area contributed by atoms with Crippen LogP contribution in [0.15, 0.2) is 11.1 Å². The number of thioether (sulfide) groups is 1. The van der Waals surface area contributed by atoms with E-state index in [1.807, 2.05) is 18.0 Å². The van der Waals surface area contributed by atoms with Crippen molar-refractivity contribution in [2.24, 2.45) is 0 Å². The van der Waals surface area contributed by atoms with Crippen molar-refractivity contribution in [3.8, 4) is 0 Å². The maximum atomic E-state index is 5.68. The molecule has 0 spiro atoms. The minimum atomic E-state index is 0.715. The number of nitrogen functional groups attached to an aromatic ring is 1. The second-order valence-electron chi connectivity index (χ2n) is 3.17. The summed E-state index contributed by atoms with van der Waals surface area (Å²) in [6, 6.07) is 0. The highest BCUT2D eigenvalue weighted by Gasteiger charge is 2.17. The quantitative estimate of drug-likeness (QED) is 0.737. The first kappa shape index (κ1) is 7.98. The van der Waals surface area contributed by atoms with Crippen molar-refractivity contribution in [3.63, 3.8) is 0 Å². The van der Waals surface area contributed by atoms with Crippen LogP contribution < -0.4 is 5.73 Å². The molecule has 12 heavy (non-hydrogen) atoms. The molecule has 1 heterocycles. The first-order valence-corrected chi connectivity index (χ1v) is 5.20. The second-order valence-corrected chi connectivity index (χ2v) is 4.51. The van der Waals surface area contributed by atoms with E-state index >= 15 is 0 Å². The lowest BCUT2D eigenvalue weighted by Gasteiger charge is -2.05. The molecule has 4 heteroatoms. The molecule has 0 amide bonds. The number of hydrogen-bond acceptors (Lipinski definition) is 3. The number of nitrogens with two attached hydrogens (primary N) is 1. The fraction of sp³-hybridized carbons (Fsp3) is 0.625. The summed E-state index contributed by atoms with van der Waals surface area (Å²) in [7, 11) is 0. The van der Waals surface area contributed by atoms with Gasteiger partial charge in [0.2, 0.25) is 0 Å². The molecule has 1 fully saturated rings. The highest BCUT2D eigenvalue weighted by molar-refractivity contribution is 8.00. The third-order valence-corrected chi connectivity index (χ3v) is 3.61. The molecular formula is C8H13N3S. The van der Waals surface area contributed by atoms with Crippen LogP contribution in [0.4, 0.5) is 5.82 Å². The van der Waals surface area contributed by atoms with Crippen molar-refractivity contribution in [1.29, 1.82) is 0 Å². The summed E-state index contributed by atoms with van der Waals surface area (Å²) in [6.07, 6.45) is 7.22. The predicted octanol–water partition coefficient (Wildman–Crippen LogP) is 2.03. The van der Waals surface area contributed by atoms with Crippen molar-refractivity contribution < 1.29 is 0 Å². The average Bonchev–Trinajstić information content (AvgIpc) is 2.65. The topological polar surface area (TPSA) is 54.7 Å². The molecule has 0 bridgehead atoms. The Bertz CT molecular complexity index is 253. The van der Waals surface area contributed by atoms with E-state index in [0.717, 1.165) is 10.1 Å². The van der Waals surface area contributed by atoms with E-state index < -0.39 is 0 Å². The molecule has 1 saturated carbocycles. The van der Waals surface area contributed by atoms with E-state index in [1.54, 1.807) is 0 Å². The highest BCUT2D eigenvalue weighted by Crippen LogP contribution is 2.36. The highest BCUT2D eigenvalue weighted by atomic mass is 32.2. The Labute approximate surface area is 76.1 Å². The van der Waals surface area contributed by atoms with Gasteiger partial charge in [-0.05, 0) is 12.8 Å². The van der Waals surface area contributed by atoms with Gasteiger partial charge >= 0.3 is 0 Å². The van der Waals surface area contributed by atoms with E-state index in [9.17, 15) is 0 Å². The number of aromatic amines is 1. The summed E-state index contributed by atoms with van der Waals surface area (Å²) in [4.78, 5) is 1.11. The minimum Gasteiger partial charge on any atom is -0.383 e. The molecule has 1 aliphatic carbocycles. The van der Waals surface area contributed by atoms with Gasteiger partial charge in [-0.3, -0.25) is 5.10 Å². The molecule has 1 aromatic heterocycles. The van der Waals surface area contributed by atoms with Crippen LogP contribution >= 0.6 is 11.8 Å². The Morgan fingerprint density at radius 3 is 2.83 bits per heavy atom. The van der Waals surface area contributed by atoms with Crippen LogP contribution in [0.25, 0.3) is 0 Å². The normalized spacial score (nSPS) is 18.7. The van der Waals surface area contributed by atoms with Gasteiger partial charge < -0.3 is 5.73 Å². The molecule has 0 radical (unpaired) electrons. The molecule has 0 unspecified atom stereocenters. The Morgan fingerprint density at radius 2 is 2.25 bits per heavy atom. The van der Waals surface area contributed by atoms with Crippen LogP contribution in [0.1, 0.15) is 25.7 Å². The second kappa shape index (κ2) is 3.39. The Hall–Kier alpha value is -0.640. The largest absolute Gasteiger partial charge is 0.383 e. The fourth-order valence-electron chi connectivity index (χ4n) is 1.56. The molecule has 0 atom stereocenters. The molecule has 1 aromatic rings. The van der Waals surface area contributed by atoms with Gasteiger partial charge in [-0.1, -0.05) is 12.8 Å². The summed E-state index contributed by atoms with van der Waals surface area (Å²) in [6.45, 7) is 0. The predicted molar refractivity (Wildman–Crippen MR) is 51.1 cm³/mol. The SMILES string of the molecule is Nc1[nH]ncc1SC1CCCC1. The standard InChI is InChI=1S/C8H13N3S/c9-8-7(5-10-11-8)12-6-3-1-2-4-6/h5-6H,1-4H2,(H3,9,10,11). The van der Waals surface area contributed by atoms with E-state index in [2.05, 4.69) is 10.2 Å². The molecule has 0 saturated heterocycles. The van der Waals surface area contributed by atoms with Gasteiger partial charge in [0.15, 0.2) is 0 Å². The number of rotatable bonds is 2. The van der Waals surface area contributed by atoms with E-state index in [4.69, 9.17) is 5.73 Å². The van der Waals surface area contributed by atoms with E-state index in [1.165, 1.54) is 25.7 Å². The number of hydrogen-bond donors (Lipinski definition) is 2. The molecule has 1 aliphatic rings. The Balaban J connectivity index is 1.98. The summed E-state index contributed by atoms with van der Waals surface area (Å²) in [5, 5.41) is 7.41. The summed E-state index contributed by atoms with van der Waals surface area (Å²) in [5.41, 5.74) is 5.68. The van der Waals surface area contributed by atoms with Gasteiger partial charge in [-0.25, -0.2) is 0 Å². The van der Waals surface area contributed by atoms with Crippen molar-refractivity contribution in [2.75, 3.05) is 5.73 Å². The van der Waals surface area contributed by atoms with Crippen LogP contribution in [0.2, 0.25) is 0 Å². The molecule has 3 N–H and O–H groups in total. The Morgan fingerprint density at radius 1 is 1.50 bits per heavy atom. The third-order valence-electron chi connectivity index (χ3n) is 2.23. The number of nitrogens with one attached hydrogen (secondary N) is 1. The van der Waals surface area contributed by atoms with Gasteiger partial charge in [-0.15, -0.1) is 11.8 Å². The number of nitrogens with zero attached hydrogens (tertiary/aromatic N) is 1. The van der Waals surface area contributed by atoms with Crippen molar-refractivity contribution in [3.05, 3.63) is 6.20 Å². The molecule has 0 aromatic carbocycles. The number of aromatic nitrogens is 2. The van der Waals surface area contributed by atoms with Crippen molar-refractivity contribution in [2.45, 2.75) is 35.8 Å². The minimum absolute atomic E-state index is 0.715. The van der Waals surface area contributed by atoms with E-state index in [-0.39, 0.29) is 0 Å². The van der Waals surface area contributed by atoms with Gasteiger partial charge in [0.05, 0.1) is 11.1 Å². The van der Waals surface area contributed by atoms with Gasteiger partial charge in [0, 0.05) is 5.25 Å². The van der Waals surface area contributed by atoms with Gasteiger partial charge in [-0.2, -0.15) is 5.10 Å². The lowest BCUT2D eigenvalue weighted by Crippen LogP contribution is -1.94. The lowest BCUT2D eigenvalue weighted by atomic mass is 10.4. The summed E-state index contributed by atoms with van der Waals surface area (Å²) in [5.74, 6) is 0.715. The number of H-pyrrole nitrogens is 1. The molecule has 3 nitrogen and oxygen atoms in total.